The van der Waals surface area contributed by atoms with Crippen molar-refractivity contribution in [2.24, 2.45) is 0 Å². The van der Waals surface area contributed by atoms with Gasteiger partial charge in [-0.3, -0.25) is 4.68 Å². The smallest absolute Gasteiger partial charge is 0.213 e. The van der Waals surface area contributed by atoms with Crippen LogP contribution in [-0.4, -0.2) is 55.4 Å². The van der Waals surface area contributed by atoms with Crippen LogP contribution in [0.3, 0.4) is 0 Å². The summed E-state index contributed by atoms with van der Waals surface area (Å²) in [7, 11) is 0.928. The first-order valence-corrected chi connectivity index (χ1v) is 8.24. The monoisotopic (exact) mass is 286 g/mol. The van der Waals surface area contributed by atoms with Gasteiger partial charge in [-0.05, 0) is 19.8 Å². The predicted molar refractivity (Wildman–Crippen MR) is 75.9 cm³/mol. The minimum Gasteiger partial charge on any atom is -0.375 e. The molecule has 0 aromatic carbocycles. The van der Waals surface area contributed by atoms with E-state index in [-0.39, 0.29) is 5.75 Å². The first-order chi connectivity index (χ1) is 8.94. The van der Waals surface area contributed by atoms with Gasteiger partial charge in [-0.2, -0.15) is 5.10 Å². The molecule has 1 aromatic heterocycles. The summed E-state index contributed by atoms with van der Waals surface area (Å²) in [5.74, 6) is 0.185. The van der Waals surface area contributed by atoms with Crippen molar-refractivity contribution in [2.45, 2.75) is 25.8 Å². The van der Waals surface area contributed by atoms with Crippen LogP contribution in [0.15, 0.2) is 12.4 Å². The van der Waals surface area contributed by atoms with Crippen LogP contribution in [0.1, 0.15) is 25.8 Å². The topological polar surface area (TPSA) is 58.4 Å². The van der Waals surface area contributed by atoms with Crippen molar-refractivity contribution >= 4 is 15.7 Å². The SMILES string of the molecule is CCS(=O)(=O)N1CCC(n2cc(N(C)C)cn2)CC1. The molecule has 19 heavy (non-hydrogen) atoms. The molecule has 0 saturated carbocycles. The van der Waals surface area contributed by atoms with E-state index in [1.165, 1.54) is 0 Å². The van der Waals surface area contributed by atoms with Crippen LogP contribution in [0.4, 0.5) is 5.69 Å². The Kier molecular flexibility index (Phi) is 4.15. The van der Waals surface area contributed by atoms with Gasteiger partial charge in [0.2, 0.25) is 10.0 Å². The molecule has 7 heteroatoms. The normalized spacial score (nSPS) is 18.7. The lowest BCUT2D eigenvalue weighted by molar-refractivity contribution is 0.261. The number of hydrogen-bond acceptors (Lipinski definition) is 4. The second-order valence-corrected chi connectivity index (χ2v) is 7.36. The maximum Gasteiger partial charge on any atom is 0.213 e. The van der Waals surface area contributed by atoms with Crippen molar-refractivity contribution in [3.05, 3.63) is 12.4 Å². The summed E-state index contributed by atoms with van der Waals surface area (Å²) in [6.45, 7) is 2.88. The molecular weight excluding hydrogens is 264 g/mol. The van der Waals surface area contributed by atoms with E-state index < -0.39 is 10.0 Å². The Morgan fingerprint density at radius 3 is 2.47 bits per heavy atom. The third-order valence-electron chi connectivity index (χ3n) is 3.66. The highest BCUT2D eigenvalue weighted by Crippen LogP contribution is 2.25. The number of piperidine rings is 1. The zero-order chi connectivity index (χ0) is 14.0. The van der Waals surface area contributed by atoms with Crippen molar-refractivity contribution in [2.75, 3.05) is 37.8 Å². The van der Waals surface area contributed by atoms with Crippen LogP contribution in [-0.2, 0) is 10.0 Å². The average Bonchev–Trinajstić information content (AvgIpc) is 2.88. The Hall–Kier alpha value is -1.08. The number of sulfonamides is 1. The quantitative estimate of drug-likeness (QED) is 0.826. The zero-order valence-corrected chi connectivity index (χ0v) is 12.6. The van der Waals surface area contributed by atoms with Gasteiger partial charge in [-0.1, -0.05) is 0 Å². The van der Waals surface area contributed by atoms with Crippen LogP contribution >= 0.6 is 0 Å². The lowest BCUT2D eigenvalue weighted by Gasteiger charge is -2.31. The molecule has 0 unspecified atom stereocenters. The fourth-order valence-electron chi connectivity index (χ4n) is 2.33. The Labute approximate surface area is 115 Å². The molecule has 0 radical (unpaired) electrons. The molecule has 0 spiro atoms. The molecule has 0 N–H and O–H groups in total. The van der Waals surface area contributed by atoms with Crippen LogP contribution in [0.25, 0.3) is 0 Å². The number of rotatable bonds is 4. The van der Waals surface area contributed by atoms with Gasteiger partial charge in [0, 0.05) is 33.4 Å². The highest BCUT2D eigenvalue weighted by atomic mass is 32.2. The van der Waals surface area contributed by atoms with E-state index >= 15 is 0 Å². The second kappa shape index (κ2) is 5.50. The number of anilines is 1. The minimum absolute atomic E-state index is 0.185. The van der Waals surface area contributed by atoms with Crippen molar-refractivity contribution in [1.29, 1.82) is 0 Å². The third kappa shape index (κ3) is 3.09. The van der Waals surface area contributed by atoms with E-state index in [9.17, 15) is 8.42 Å². The third-order valence-corrected chi connectivity index (χ3v) is 5.54. The fraction of sp³-hybridized carbons (Fsp3) is 0.750. The number of aromatic nitrogens is 2. The molecule has 1 aliphatic rings. The van der Waals surface area contributed by atoms with Crippen LogP contribution in [0.5, 0.6) is 0 Å². The van der Waals surface area contributed by atoms with Crippen molar-refractivity contribution in [3.8, 4) is 0 Å². The lowest BCUT2D eigenvalue weighted by Crippen LogP contribution is -2.39. The van der Waals surface area contributed by atoms with Crippen LogP contribution in [0.2, 0.25) is 0 Å². The maximum atomic E-state index is 11.8. The maximum absolute atomic E-state index is 11.8. The standard InChI is InChI=1S/C12H22N4O2S/c1-4-19(17,18)15-7-5-11(6-8-15)16-10-12(9-13-16)14(2)3/h9-11H,4-8H2,1-3H3. The Morgan fingerprint density at radius 2 is 2.00 bits per heavy atom. The average molecular weight is 286 g/mol. The minimum atomic E-state index is -3.04. The largest absolute Gasteiger partial charge is 0.375 e. The van der Waals surface area contributed by atoms with Gasteiger partial charge in [0.05, 0.1) is 23.7 Å². The lowest BCUT2D eigenvalue weighted by atomic mass is 10.1. The van der Waals surface area contributed by atoms with Crippen molar-refractivity contribution in [3.63, 3.8) is 0 Å². The second-order valence-electron chi connectivity index (χ2n) is 5.10. The van der Waals surface area contributed by atoms with Gasteiger partial charge in [0.15, 0.2) is 0 Å². The van der Waals surface area contributed by atoms with Gasteiger partial charge >= 0.3 is 0 Å². The molecule has 1 aliphatic heterocycles. The molecule has 6 nitrogen and oxygen atoms in total. The molecule has 2 rings (SSSR count). The molecule has 1 aromatic rings. The molecule has 1 saturated heterocycles. The number of hydrogen-bond donors (Lipinski definition) is 0. The van der Waals surface area contributed by atoms with E-state index in [0.29, 0.717) is 19.1 Å². The van der Waals surface area contributed by atoms with Crippen molar-refractivity contribution in [1.82, 2.24) is 14.1 Å². The number of nitrogens with zero attached hydrogens (tertiary/aromatic N) is 4. The van der Waals surface area contributed by atoms with Gasteiger partial charge in [-0.15, -0.1) is 0 Å². The van der Waals surface area contributed by atoms with Crippen molar-refractivity contribution < 1.29 is 8.42 Å². The summed E-state index contributed by atoms with van der Waals surface area (Å²) in [5, 5.41) is 4.38. The highest BCUT2D eigenvalue weighted by Gasteiger charge is 2.27. The zero-order valence-electron chi connectivity index (χ0n) is 11.8. The van der Waals surface area contributed by atoms with Gasteiger partial charge in [0.1, 0.15) is 0 Å². The van der Waals surface area contributed by atoms with Crippen LogP contribution in [0, 0.1) is 0 Å². The summed E-state index contributed by atoms with van der Waals surface area (Å²) in [6.07, 6.45) is 5.52. The summed E-state index contributed by atoms with van der Waals surface area (Å²) in [4.78, 5) is 2.01. The molecule has 0 bridgehead atoms. The Morgan fingerprint density at radius 1 is 1.37 bits per heavy atom. The van der Waals surface area contributed by atoms with Gasteiger partial charge in [0.25, 0.3) is 0 Å². The van der Waals surface area contributed by atoms with Gasteiger partial charge < -0.3 is 4.90 Å². The van der Waals surface area contributed by atoms with E-state index in [1.54, 1.807) is 11.2 Å². The molecule has 2 heterocycles. The summed E-state index contributed by atoms with van der Waals surface area (Å²) < 4.78 is 27.1. The summed E-state index contributed by atoms with van der Waals surface area (Å²) >= 11 is 0. The Balaban J connectivity index is 2.00. The fourth-order valence-corrected chi connectivity index (χ4v) is 3.46. The van der Waals surface area contributed by atoms with E-state index in [4.69, 9.17) is 0 Å². The first kappa shape index (κ1) is 14.3. The molecule has 0 aliphatic carbocycles. The predicted octanol–water partition coefficient (Wildman–Crippen LogP) is 0.936. The summed E-state index contributed by atoms with van der Waals surface area (Å²) in [5.41, 5.74) is 1.07. The van der Waals surface area contributed by atoms with E-state index in [1.807, 2.05) is 36.1 Å². The molecule has 0 amide bonds. The van der Waals surface area contributed by atoms with E-state index in [2.05, 4.69) is 5.10 Å². The van der Waals surface area contributed by atoms with Gasteiger partial charge in [-0.25, -0.2) is 12.7 Å². The van der Waals surface area contributed by atoms with E-state index in [0.717, 1.165) is 18.5 Å². The summed E-state index contributed by atoms with van der Waals surface area (Å²) in [6, 6.07) is 0.303. The molecule has 108 valence electrons. The molecule has 0 atom stereocenters. The molecular formula is C12H22N4O2S. The first-order valence-electron chi connectivity index (χ1n) is 6.63. The van der Waals surface area contributed by atoms with Crippen LogP contribution < -0.4 is 4.90 Å². The molecule has 1 fully saturated rings. The highest BCUT2D eigenvalue weighted by molar-refractivity contribution is 7.89. The Bertz CT molecular complexity index is 516.